The Morgan fingerprint density at radius 2 is 2.39 bits per heavy atom. The van der Waals surface area contributed by atoms with E-state index >= 15 is 0 Å². The number of rotatable bonds is 3. The first-order valence-corrected chi connectivity index (χ1v) is 5.36. The van der Waals surface area contributed by atoms with E-state index in [1.807, 2.05) is 4.98 Å². The van der Waals surface area contributed by atoms with Gasteiger partial charge in [0.15, 0.2) is 0 Å². The number of hydrogen-bond acceptors (Lipinski definition) is 5. The molecular formula is C10H13FN2O5. The normalized spacial score (nSPS) is 27.6. The van der Waals surface area contributed by atoms with Crippen molar-refractivity contribution in [2.75, 3.05) is 13.7 Å². The molecule has 1 unspecified atom stereocenters. The zero-order chi connectivity index (χ0) is 13.3. The number of nitrogens with zero attached hydrogens (tertiary/aromatic N) is 1. The Bertz CT molecular complexity index is 540. The van der Waals surface area contributed by atoms with Gasteiger partial charge in [0, 0.05) is 13.5 Å². The van der Waals surface area contributed by atoms with Gasteiger partial charge in [-0.1, -0.05) is 0 Å². The number of aromatic nitrogens is 2. The average molecular weight is 260 g/mol. The lowest BCUT2D eigenvalue weighted by Gasteiger charge is -2.15. The van der Waals surface area contributed by atoms with Gasteiger partial charge in [0.25, 0.3) is 5.56 Å². The zero-order valence-corrected chi connectivity index (χ0v) is 9.63. The van der Waals surface area contributed by atoms with E-state index in [0.29, 0.717) is 0 Å². The van der Waals surface area contributed by atoms with E-state index in [2.05, 4.69) is 0 Å². The average Bonchev–Trinajstić information content (AvgIpc) is 2.66. The lowest BCUT2D eigenvalue weighted by atomic mass is 10.2. The highest BCUT2D eigenvalue weighted by molar-refractivity contribution is 4.91. The summed E-state index contributed by atoms with van der Waals surface area (Å²) < 4.78 is 24.2. The maximum absolute atomic E-state index is 13.1. The molecule has 7 nitrogen and oxygen atoms in total. The summed E-state index contributed by atoms with van der Waals surface area (Å²) in [5, 5.41) is 9.68. The molecule has 2 rings (SSSR count). The summed E-state index contributed by atoms with van der Waals surface area (Å²) in [6.45, 7) is 0.165. The van der Waals surface area contributed by atoms with Gasteiger partial charge < -0.3 is 14.6 Å². The number of methoxy groups -OCH3 is 1. The molecule has 1 aromatic rings. The van der Waals surface area contributed by atoms with Gasteiger partial charge >= 0.3 is 5.69 Å². The molecule has 0 aromatic carbocycles. The van der Waals surface area contributed by atoms with Crippen LogP contribution in [-0.2, 0) is 9.47 Å². The molecule has 1 fully saturated rings. The predicted octanol–water partition coefficient (Wildman–Crippen LogP) is -1.03. The Morgan fingerprint density at radius 1 is 1.67 bits per heavy atom. The van der Waals surface area contributed by atoms with Crippen molar-refractivity contribution >= 4 is 0 Å². The molecule has 0 aliphatic carbocycles. The van der Waals surface area contributed by atoms with Crippen LogP contribution in [0, 0.1) is 5.82 Å². The van der Waals surface area contributed by atoms with Gasteiger partial charge in [-0.05, 0) is 0 Å². The molecule has 0 spiro atoms. The molecular weight excluding hydrogens is 247 g/mol. The number of hydrogen-bond donors (Lipinski definition) is 2. The van der Waals surface area contributed by atoms with Gasteiger partial charge in [-0.2, -0.15) is 4.39 Å². The maximum atomic E-state index is 13.1. The van der Waals surface area contributed by atoms with Crippen LogP contribution in [0.3, 0.4) is 0 Å². The quantitative estimate of drug-likeness (QED) is 0.725. The van der Waals surface area contributed by atoms with Crippen molar-refractivity contribution in [1.82, 2.24) is 9.55 Å². The first-order chi connectivity index (χ1) is 8.52. The van der Waals surface area contributed by atoms with E-state index in [9.17, 15) is 19.1 Å². The lowest BCUT2D eigenvalue weighted by Crippen LogP contribution is -2.34. The van der Waals surface area contributed by atoms with Gasteiger partial charge in [0.1, 0.15) is 12.3 Å². The summed E-state index contributed by atoms with van der Waals surface area (Å²) in [6.07, 6.45) is -1.31. The van der Waals surface area contributed by atoms with Crippen molar-refractivity contribution in [3.8, 4) is 0 Å². The first-order valence-electron chi connectivity index (χ1n) is 5.36. The molecule has 0 bridgehead atoms. The molecule has 1 aliphatic heterocycles. The fraction of sp³-hybridized carbons (Fsp3) is 0.600. The molecule has 8 heteroatoms. The summed E-state index contributed by atoms with van der Waals surface area (Å²) in [7, 11) is 1.45. The third-order valence-electron chi connectivity index (χ3n) is 2.77. The van der Waals surface area contributed by atoms with Crippen LogP contribution in [0.5, 0.6) is 0 Å². The van der Waals surface area contributed by atoms with E-state index in [1.54, 1.807) is 0 Å². The third-order valence-corrected chi connectivity index (χ3v) is 2.77. The molecule has 1 aliphatic rings. The molecule has 0 radical (unpaired) electrons. The minimum Gasteiger partial charge on any atom is -0.390 e. The molecule has 0 amide bonds. The fourth-order valence-corrected chi connectivity index (χ4v) is 1.87. The van der Waals surface area contributed by atoms with E-state index in [-0.39, 0.29) is 13.0 Å². The second kappa shape index (κ2) is 5.01. The van der Waals surface area contributed by atoms with E-state index in [4.69, 9.17) is 9.47 Å². The Kier molecular flexibility index (Phi) is 3.60. The molecule has 1 aromatic heterocycles. The highest BCUT2D eigenvalue weighted by atomic mass is 19.1. The fourth-order valence-electron chi connectivity index (χ4n) is 1.87. The van der Waals surface area contributed by atoms with Crippen molar-refractivity contribution in [2.24, 2.45) is 0 Å². The molecule has 100 valence electrons. The summed E-state index contributed by atoms with van der Waals surface area (Å²) in [5.74, 6) is -1.08. The van der Waals surface area contributed by atoms with Crippen molar-refractivity contribution in [3.63, 3.8) is 0 Å². The second-order valence-corrected chi connectivity index (χ2v) is 4.03. The Labute approximate surface area is 101 Å². The zero-order valence-electron chi connectivity index (χ0n) is 9.63. The van der Waals surface area contributed by atoms with Crippen LogP contribution in [0.15, 0.2) is 15.8 Å². The Balaban J connectivity index is 2.26. The molecule has 1 saturated heterocycles. The molecule has 18 heavy (non-hydrogen) atoms. The number of aromatic amines is 1. The summed E-state index contributed by atoms with van der Waals surface area (Å²) in [4.78, 5) is 24.2. The van der Waals surface area contributed by atoms with Crippen molar-refractivity contribution in [3.05, 3.63) is 32.9 Å². The highest BCUT2D eigenvalue weighted by Crippen LogP contribution is 2.27. The standard InChI is InChI=1S/C10H13FN2O5/c1-17-4-7-6(14)2-8(18-7)13-3-5(11)9(15)12-10(13)16/h3,6-8,14H,2,4H2,1H3,(H,12,15,16)/t6?,7-,8-/m0/s1. The third kappa shape index (κ3) is 2.35. The summed E-state index contributed by atoms with van der Waals surface area (Å²) >= 11 is 0. The Morgan fingerprint density at radius 3 is 3.06 bits per heavy atom. The first kappa shape index (κ1) is 12.9. The summed E-state index contributed by atoms with van der Waals surface area (Å²) in [5.41, 5.74) is -1.86. The number of H-pyrrole nitrogens is 1. The van der Waals surface area contributed by atoms with Gasteiger partial charge in [0.2, 0.25) is 5.82 Å². The van der Waals surface area contributed by atoms with E-state index in [0.717, 1.165) is 10.8 Å². The number of nitrogens with one attached hydrogen (secondary N) is 1. The molecule has 2 heterocycles. The number of halogens is 1. The largest absolute Gasteiger partial charge is 0.390 e. The Hall–Kier alpha value is -1.51. The van der Waals surface area contributed by atoms with Crippen LogP contribution in [-0.4, -0.2) is 40.6 Å². The lowest BCUT2D eigenvalue weighted by molar-refractivity contribution is -0.0549. The van der Waals surface area contributed by atoms with Gasteiger partial charge in [-0.3, -0.25) is 14.3 Å². The minimum absolute atomic E-state index is 0.124. The predicted molar refractivity (Wildman–Crippen MR) is 57.7 cm³/mol. The smallest absolute Gasteiger partial charge is 0.330 e. The SMILES string of the molecule is COC[C@@H]1O[C@H](n2cc(F)c(=O)[nH]c2=O)CC1O. The highest BCUT2D eigenvalue weighted by Gasteiger charge is 2.35. The minimum atomic E-state index is -1.08. The number of aliphatic hydroxyl groups excluding tert-OH is 1. The van der Waals surface area contributed by atoms with Crippen LogP contribution >= 0.6 is 0 Å². The topological polar surface area (TPSA) is 93.5 Å². The van der Waals surface area contributed by atoms with E-state index in [1.165, 1.54) is 7.11 Å². The molecule has 2 N–H and O–H groups in total. The molecule has 3 atom stereocenters. The number of aliphatic hydroxyl groups is 1. The maximum Gasteiger partial charge on any atom is 0.330 e. The van der Waals surface area contributed by atoms with Gasteiger partial charge in [-0.25, -0.2) is 4.79 Å². The van der Waals surface area contributed by atoms with Crippen LogP contribution in [0.4, 0.5) is 4.39 Å². The second-order valence-electron chi connectivity index (χ2n) is 4.03. The van der Waals surface area contributed by atoms with Crippen LogP contribution < -0.4 is 11.2 Å². The van der Waals surface area contributed by atoms with Crippen molar-refractivity contribution in [1.29, 1.82) is 0 Å². The van der Waals surface area contributed by atoms with Crippen molar-refractivity contribution < 1.29 is 19.0 Å². The van der Waals surface area contributed by atoms with Gasteiger partial charge in [-0.15, -0.1) is 0 Å². The van der Waals surface area contributed by atoms with Crippen LogP contribution in [0.25, 0.3) is 0 Å². The summed E-state index contributed by atoms with van der Waals surface area (Å²) in [6, 6.07) is 0. The van der Waals surface area contributed by atoms with Crippen LogP contribution in [0.1, 0.15) is 12.6 Å². The van der Waals surface area contributed by atoms with Crippen molar-refractivity contribution in [2.45, 2.75) is 24.9 Å². The molecule has 0 saturated carbocycles. The van der Waals surface area contributed by atoms with Gasteiger partial charge in [0.05, 0.1) is 18.9 Å². The number of ether oxygens (including phenoxy) is 2. The van der Waals surface area contributed by atoms with E-state index < -0.39 is 35.5 Å². The van der Waals surface area contributed by atoms with Crippen LogP contribution in [0.2, 0.25) is 0 Å². The monoisotopic (exact) mass is 260 g/mol.